The fourth-order valence-corrected chi connectivity index (χ4v) is 2.29. The van der Waals surface area contributed by atoms with Crippen LogP contribution in [-0.2, 0) is 9.53 Å². The van der Waals surface area contributed by atoms with E-state index in [1.54, 1.807) is 12.1 Å². The van der Waals surface area contributed by atoms with Crippen LogP contribution >= 0.6 is 0 Å². The number of piperidine rings is 1. The second kappa shape index (κ2) is 5.69. The molecule has 0 bridgehead atoms. The van der Waals surface area contributed by atoms with E-state index >= 15 is 0 Å². The van der Waals surface area contributed by atoms with E-state index in [0.717, 1.165) is 12.8 Å². The zero-order chi connectivity index (χ0) is 13.8. The Kier molecular flexibility index (Phi) is 3.99. The molecule has 0 radical (unpaired) electrons. The van der Waals surface area contributed by atoms with Gasteiger partial charge in [-0.1, -0.05) is 0 Å². The van der Waals surface area contributed by atoms with Gasteiger partial charge in [-0.25, -0.2) is 9.78 Å². The van der Waals surface area contributed by atoms with Crippen LogP contribution in [0.15, 0.2) is 18.3 Å². The number of nitrogens with zero attached hydrogens (tertiary/aromatic N) is 2. The molecule has 1 aromatic rings. The maximum Gasteiger partial charge on any atom is 0.328 e. The van der Waals surface area contributed by atoms with Crippen molar-refractivity contribution in [3.63, 3.8) is 0 Å². The van der Waals surface area contributed by atoms with Crippen LogP contribution in [0.3, 0.4) is 0 Å². The maximum absolute atomic E-state index is 12.4. The summed E-state index contributed by atoms with van der Waals surface area (Å²) in [7, 11) is 1.33. The van der Waals surface area contributed by atoms with Crippen molar-refractivity contribution in [3.05, 3.63) is 24.0 Å². The Balaban J connectivity index is 2.25. The molecular formula is C13H17N3O3. The van der Waals surface area contributed by atoms with Crippen LogP contribution in [0.4, 0.5) is 5.69 Å². The zero-order valence-corrected chi connectivity index (χ0v) is 10.8. The number of rotatable bonds is 2. The molecule has 2 N–H and O–H groups in total. The lowest BCUT2D eigenvalue weighted by Crippen LogP contribution is -2.48. The molecule has 1 amide bonds. The number of pyridine rings is 1. The van der Waals surface area contributed by atoms with Crippen LogP contribution in [0.2, 0.25) is 0 Å². The molecule has 2 rings (SSSR count). The fraction of sp³-hybridized carbons (Fsp3) is 0.462. The number of anilines is 1. The van der Waals surface area contributed by atoms with Gasteiger partial charge in [0.05, 0.1) is 12.8 Å². The van der Waals surface area contributed by atoms with E-state index in [1.165, 1.54) is 18.2 Å². The lowest BCUT2D eigenvalue weighted by atomic mass is 10.0. The summed E-state index contributed by atoms with van der Waals surface area (Å²) in [5.74, 6) is -0.698. The Morgan fingerprint density at radius 1 is 1.47 bits per heavy atom. The van der Waals surface area contributed by atoms with Crippen molar-refractivity contribution in [1.29, 1.82) is 0 Å². The number of likely N-dealkylation sites (tertiary alicyclic amines) is 1. The Bertz CT molecular complexity index is 490. The van der Waals surface area contributed by atoms with E-state index in [4.69, 9.17) is 10.5 Å². The van der Waals surface area contributed by atoms with Crippen molar-refractivity contribution in [2.45, 2.75) is 25.3 Å². The van der Waals surface area contributed by atoms with Crippen molar-refractivity contribution in [1.82, 2.24) is 9.88 Å². The molecule has 2 heterocycles. The summed E-state index contributed by atoms with van der Waals surface area (Å²) >= 11 is 0. The van der Waals surface area contributed by atoms with Gasteiger partial charge < -0.3 is 15.4 Å². The molecule has 0 aromatic carbocycles. The number of hydrogen-bond donors (Lipinski definition) is 1. The lowest BCUT2D eigenvalue weighted by molar-refractivity contribution is -0.147. The van der Waals surface area contributed by atoms with Crippen molar-refractivity contribution in [3.8, 4) is 0 Å². The van der Waals surface area contributed by atoms with Crippen LogP contribution in [0, 0.1) is 0 Å². The third kappa shape index (κ3) is 2.67. The SMILES string of the molecule is COC(=O)C1CCCCN1C(=O)c1ncccc1N. The molecule has 1 fully saturated rings. The molecular weight excluding hydrogens is 246 g/mol. The highest BCUT2D eigenvalue weighted by atomic mass is 16.5. The first-order chi connectivity index (χ1) is 9.15. The highest BCUT2D eigenvalue weighted by molar-refractivity contribution is 5.99. The number of nitrogen functional groups attached to an aromatic ring is 1. The molecule has 1 unspecified atom stereocenters. The summed E-state index contributed by atoms with van der Waals surface area (Å²) in [5.41, 5.74) is 6.27. The molecule has 1 saturated heterocycles. The number of aromatic nitrogens is 1. The zero-order valence-electron chi connectivity index (χ0n) is 10.8. The number of methoxy groups -OCH3 is 1. The number of nitrogens with two attached hydrogens (primary N) is 1. The van der Waals surface area contributed by atoms with Crippen LogP contribution in [0.5, 0.6) is 0 Å². The lowest BCUT2D eigenvalue weighted by Gasteiger charge is -2.33. The van der Waals surface area contributed by atoms with Gasteiger partial charge in [0.1, 0.15) is 6.04 Å². The van der Waals surface area contributed by atoms with Crippen molar-refractivity contribution < 1.29 is 14.3 Å². The van der Waals surface area contributed by atoms with Crippen LogP contribution in [0.25, 0.3) is 0 Å². The largest absolute Gasteiger partial charge is 0.467 e. The standard InChI is InChI=1S/C13H17N3O3/c1-19-13(18)10-6-2-3-8-16(10)12(17)11-9(14)5-4-7-15-11/h4-5,7,10H,2-3,6,8,14H2,1H3. The van der Waals surface area contributed by atoms with Gasteiger partial charge in [0, 0.05) is 12.7 Å². The number of esters is 1. The van der Waals surface area contributed by atoms with Crippen molar-refractivity contribution in [2.24, 2.45) is 0 Å². The summed E-state index contributed by atoms with van der Waals surface area (Å²) in [6.07, 6.45) is 3.90. The number of carbonyl (C=O) groups excluding carboxylic acids is 2. The van der Waals surface area contributed by atoms with E-state index < -0.39 is 6.04 Å². The Morgan fingerprint density at radius 3 is 2.95 bits per heavy atom. The highest BCUT2D eigenvalue weighted by Gasteiger charge is 2.34. The second-order valence-corrected chi connectivity index (χ2v) is 4.47. The van der Waals surface area contributed by atoms with Crippen LogP contribution < -0.4 is 5.73 Å². The summed E-state index contributed by atoms with van der Waals surface area (Å²) in [6.45, 7) is 0.522. The molecule has 102 valence electrons. The predicted molar refractivity (Wildman–Crippen MR) is 69.3 cm³/mol. The van der Waals surface area contributed by atoms with E-state index in [0.29, 0.717) is 18.7 Å². The molecule has 1 atom stereocenters. The molecule has 6 nitrogen and oxygen atoms in total. The first-order valence-corrected chi connectivity index (χ1v) is 6.24. The molecule has 6 heteroatoms. The van der Waals surface area contributed by atoms with Gasteiger partial charge in [0.15, 0.2) is 5.69 Å². The third-order valence-corrected chi connectivity index (χ3v) is 3.28. The number of ether oxygens (including phenoxy) is 1. The Morgan fingerprint density at radius 2 is 2.26 bits per heavy atom. The van der Waals surface area contributed by atoms with E-state index in [-0.39, 0.29) is 17.6 Å². The van der Waals surface area contributed by atoms with Gasteiger partial charge in [-0.2, -0.15) is 0 Å². The van der Waals surface area contributed by atoms with E-state index in [9.17, 15) is 9.59 Å². The summed E-state index contributed by atoms with van der Waals surface area (Å²) in [5, 5.41) is 0. The first kappa shape index (κ1) is 13.3. The second-order valence-electron chi connectivity index (χ2n) is 4.47. The van der Waals surface area contributed by atoms with Gasteiger partial charge >= 0.3 is 5.97 Å². The fourth-order valence-electron chi connectivity index (χ4n) is 2.29. The minimum absolute atomic E-state index is 0.193. The predicted octanol–water partition coefficient (Wildman–Crippen LogP) is 0.831. The monoisotopic (exact) mass is 263 g/mol. The Hall–Kier alpha value is -2.11. The van der Waals surface area contributed by atoms with Crippen LogP contribution in [0.1, 0.15) is 29.8 Å². The summed E-state index contributed by atoms with van der Waals surface area (Å²) in [4.78, 5) is 29.7. The first-order valence-electron chi connectivity index (χ1n) is 6.24. The van der Waals surface area contributed by atoms with Gasteiger partial charge in [-0.3, -0.25) is 4.79 Å². The molecule has 0 spiro atoms. The number of amides is 1. The van der Waals surface area contributed by atoms with Gasteiger partial charge in [-0.15, -0.1) is 0 Å². The highest BCUT2D eigenvalue weighted by Crippen LogP contribution is 2.21. The van der Waals surface area contributed by atoms with Gasteiger partial charge in [0.2, 0.25) is 0 Å². The topological polar surface area (TPSA) is 85.5 Å². The average Bonchev–Trinajstić information content (AvgIpc) is 2.46. The van der Waals surface area contributed by atoms with Crippen LogP contribution in [-0.4, -0.2) is 41.5 Å². The smallest absolute Gasteiger partial charge is 0.328 e. The molecule has 19 heavy (non-hydrogen) atoms. The number of carbonyl (C=O) groups is 2. The van der Waals surface area contributed by atoms with Gasteiger partial charge in [0.25, 0.3) is 5.91 Å². The van der Waals surface area contributed by atoms with Crippen molar-refractivity contribution in [2.75, 3.05) is 19.4 Å². The minimum Gasteiger partial charge on any atom is -0.467 e. The molecule has 0 saturated carbocycles. The maximum atomic E-state index is 12.4. The molecule has 1 aromatic heterocycles. The summed E-state index contributed by atoms with van der Waals surface area (Å²) < 4.78 is 4.75. The van der Waals surface area contributed by atoms with Crippen molar-refractivity contribution >= 4 is 17.6 Å². The molecule has 1 aliphatic heterocycles. The normalized spacial score (nSPS) is 19.0. The molecule has 1 aliphatic rings. The summed E-state index contributed by atoms with van der Waals surface area (Å²) in [6, 6.07) is 2.75. The van der Waals surface area contributed by atoms with E-state index in [2.05, 4.69) is 4.98 Å². The number of hydrogen-bond acceptors (Lipinski definition) is 5. The third-order valence-electron chi connectivity index (χ3n) is 3.28. The average molecular weight is 263 g/mol. The Labute approximate surface area is 111 Å². The van der Waals surface area contributed by atoms with E-state index in [1.807, 2.05) is 0 Å². The molecule has 0 aliphatic carbocycles. The van der Waals surface area contributed by atoms with Gasteiger partial charge in [-0.05, 0) is 31.4 Å². The quantitative estimate of drug-likeness (QED) is 0.799. The minimum atomic E-state index is -0.535.